The van der Waals surface area contributed by atoms with Crippen LogP contribution in [0.1, 0.15) is 39.7 Å². The van der Waals surface area contributed by atoms with E-state index in [1.165, 1.54) is 11.3 Å². The summed E-state index contributed by atoms with van der Waals surface area (Å²) in [5, 5.41) is 0. The zero-order valence-electron chi connectivity index (χ0n) is 13.7. The first-order valence-electron chi connectivity index (χ1n) is 8.14. The number of hydrogen-bond donors (Lipinski definition) is 1. The van der Waals surface area contributed by atoms with Gasteiger partial charge in [0.1, 0.15) is 0 Å². The second-order valence-corrected chi connectivity index (χ2v) is 7.34. The first kappa shape index (κ1) is 14.9. The highest BCUT2D eigenvalue weighted by Crippen LogP contribution is 2.51. The summed E-state index contributed by atoms with van der Waals surface area (Å²) >= 11 is 0. The van der Waals surface area contributed by atoms with E-state index in [9.17, 15) is 0 Å². The molecule has 2 N–H and O–H groups in total. The van der Waals surface area contributed by atoms with Crippen LogP contribution in [-0.4, -0.2) is 30.8 Å². The average Bonchev–Trinajstić information content (AvgIpc) is 2.75. The average molecular weight is 288 g/mol. The second-order valence-electron chi connectivity index (χ2n) is 7.34. The molecule has 3 nitrogen and oxygen atoms in total. The molecule has 1 fully saturated rings. The molecule has 1 aromatic rings. The van der Waals surface area contributed by atoms with Crippen LogP contribution in [0, 0.1) is 5.41 Å². The predicted octanol–water partition coefficient (Wildman–Crippen LogP) is 2.97. The molecule has 1 aliphatic heterocycles. The molecule has 0 amide bonds. The predicted molar refractivity (Wildman–Crippen MR) is 87.7 cm³/mol. The number of hydrogen-bond acceptors (Lipinski definition) is 3. The molecule has 0 radical (unpaired) electrons. The maximum atomic E-state index is 6.78. The lowest BCUT2D eigenvalue weighted by Gasteiger charge is -2.60. The first-order valence-corrected chi connectivity index (χ1v) is 8.14. The molecule has 3 rings (SSSR count). The first-order chi connectivity index (χ1) is 9.89. The Morgan fingerprint density at radius 3 is 2.71 bits per heavy atom. The van der Waals surface area contributed by atoms with Gasteiger partial charge >= 0.3 is 0 Å². The highest BCUT2D eigenvalue weighted by Gasteiger charge is 2.59. The van der Waals surface area contributed by atoms with Crippen LogP contribution < -0.4 is 10.6 Å². The third-order valence-electron chi connectivity index (χ3n) is 5.81. The van der Waals surface area contributed by atoms with Crippen molar-refractivity contribution in [3.63, 3.8) is 0 Å². The van der Waals surface area contributed by atoms with Crippen molar-refractivity contribution in [2.24, 2.45) is 11.1 Å². The van der Waals surface area contributed by atoms with Crippen molar-refractivity contribution in [2.75, 3.05) is 18.1 Å². The van der Waals surface area contributed by atoms with E-state index in [2.05, 4.69) is 56.9 Å². The van der Waals surface area contributed by atoms with Gasteiger partial charge in [0.25, 0.3) is 0 Å². The normalized spacial score (nSPS) is 33.7. The van der Waals surface area contributed by atoms with Crippen molar-refractivity contribution in [1.29, 1.82) is 0 Å². The third kappa shape index (κ3) is 2.18. The van der Waals surface area contributed by atoms with Gasteiger partial charge in [-0.3, -0.25) is 0 Å². The Labute approximate surface area is 128 Å². The van der Waals surface area contributed by atoms with Crippen LogP contribution in [-0.2, 0) is 11.2 Å². The summed E-state index contributed by atoms with van der Waals surface area (Å²) in [5.74, 6) is 0. The van der Waals surface area contributed by atoms with E-state index in [4.69, 9.17) is 10.5 Å². The van der Waals surface area contributed by atoms with Crippen molar-refractivity contribution < 1.29 is 4.74 Å². The molecule has 1 aromatic carbocycles. The maximum absolute atomic E-state index is 6.78. The molecule has 0 bridgehead atoms. The van der Waals surface area contributed by atoms with Crippen molar-refractivity contribution in [1.82, 2.24) is 0 Å². The summed E-state index contributed by atoms with van der Waals surface area (Å²) in [6.45, 7) is 10.6. The van der Waals surface area contributed by atoms with Crippen molar-refractivity contribution >= 4 is 5.69 Å². The van der Waals surface area contributed by atoms with Crippen LogP contribution in [0.3, 0.4) is 0 Å². The van der Waals surface area contributed by atoms with E-state index in [1.807, 2.05) is 0 Å². The Balaban J connectivity index is 1.78. The molecule has 2 aliphatic rings. The number of anilines is 1. The van der Waals surface area contributed by atoms with Gasteiger partial charge in [-0.05, 0) is 38.3 Å². The van der Waals surface area contributed by atoms with Gasteiger partial charge in [0.15, 0.2) is 0 Å². The highest BCUT2D eigenvalue weighted by molar-refractivity contribution is 5.59. The molecule has 3 atom stereocenters. The summed E-state index contributed by atoms with van der Waals surface area (Å²) in [6, 6.07) is 9.26. The van der Waals surface area contributed by atoms with Gasteiger partial charge in [-0.15, -0.1) is 0 Å². The van der Waals surface area contributed by atoms with E-state index < -0.39 is 0 Å². The molecule has 1 heterocycles. The lowest BCUT2D eigenvalue weighted by atomic mass is 9.54. The van der Waals surface area contributed by atoms with E-state index >= 15 is 0 Å². The van der Waals surface area contributed by atoms with Gasteiger partial charge in [-0.1, -0.05) is 32.0 Å². The number of nitrogens with two attached hydrogens (primary N) is 1. The molecular weight excluding hydrogens is 260 g/mol. The van der Waals surface area contributed by atoms with Crippen LogP contribution in [0.2, 0.25) is 0 Å². The number of benzene rings is 1. The highest BCUT2D eigenvalue weighted by atomic mass is 16.5. The van der Waals surface area contributed by atoms with Gasteiger partial charge < -0.3 is 15.4 Å². The Hall–Kier alpha value is -1.06. The molecule has 1 aliphatic carbocycles. The lowest BCUT2D eigenvalue weighted by molar-refractivity contribution is -0.146. The fourth-order valence-electron chi connectivity index (χ4n) is 3.95. The Bertz CT molecular complexity index is 528. The van der Waals surface area contributed by atoms with E-state index in [-0.39, 0.29) is 11.0 Å². The van der Waals surface area contributed by atoms with Gasteiger partial charge in [-0.25, -0.2) is 0 Å². The minimum absolute atomic E-state index is 0.0280. The Morgan fingerprint density at radius 2 is 2.05 bits per heavy atom. The van der Waals surface area contributed by atoms with Crippen LogP contribution in [0.4, 0.5) is 5.69 Å². The molecule has 0 spiro atoms. The van der Waals surface area contributed by atoms with E-state index in [0.29, 0.717) is 12.1 Å². The quantitative estimate of drug-likeness (QED) is 0.925. The van der Waals surface area contributed by atoms with Crippen molar-refractivity contribution in [3.05, 3.63) is 29.8 Å². The Kier molecular flexibility index (Phi) is 3.53. The second kappa shape index (κ2) is 4.99. The summed E-state index contributed by atoms with van der Waals surface area (Å²) in [6.07, 6.45) is 2.38. The molecule has 116 valence electrons. The SMILES string of the molecule is CCOC1CC(N)(CN2c3ccccc3CC2C)C1(C)C. The fourth-order valence-corrected chi connectivity index (χ4v) is 3.95. The molecule has 0 aromatic heterocycles. The molecular formula is C18H28N2O. The van der Waals surface area contributed by atoms with Crippen LogP contribution in [0.5, 0.6) is 0 Å². The summed E-state index contributed by atoms with van der Waals surface area (Å²) in [5.41, 5.74) is 9.46. The number of fused-ring (bicyclic) bond motifs is 1. The minimum Gasteiger partial charge on any atom is -0.378 e. The standard InChI is InChI=1S/C18H28N2O/c1-5-21-16-11-18(19,17(16,3)4)12-20-13(2)10-14-8-6-7-9-15(14)20/h6-9,13,16H,5,10-12,19H2,1-4H3. The molecule has 1 saturated carbocycles. The minimum atomic E-state index is -0.168. The number of para-hydroxylation sites is 1. The molecule has 3 heteroatoms. The third-order valence-corrected chi connectivity index (χ3v) is 5.81. The van der Waals surface area contributed by atoms with Crippen molar-refractivity contribution in [3.8, 4) is 0 Å². The van der Waals surface area contributed by atoms with Crippen LogP contribution in [0.25, 0.3) is 0 Å². The number of nitrogens with zero attached hydrogens (tertiary/aromatic N) is 1. The van der Waals surface area contributed by atoms with Gasteiger partial charge in [-0.2, -0.15) is 0 Å². The topological polar surface area (TPSA) is 38.5 Å². The van der Waals surface area contributed by atoms with E-state index in [0.717, 1.165) is 26.0 Å². The summed E-state index contributed by atoms with van der Waals surface area (Å²) < 4.78 is 5.85. The maximum Gasteiger partial charge on any atom is 0.0662 e. The number of rotatable bonds is 4. The zero-order chi connectivity index (χ0) is 15.3. The largest absolute Gasteiger partial charge is 0.378 e. The summed E-state index contributed by atoms with van der Waals surface area (Å²) in [7, 11) is 0. The van der Waals surface area contributed by atoms with Gasteiger partial charge in [0.05, 0.1) is 6.10 Å². The monoisotopic (exact) mass is 288 g/mol. The van der Waals surface area contributed by atoms with Crippen LogP contribution in [0.15, 0.2) is 24.3 Å². The van der Waals surface area contributed by atoms with E-state index in [1.54, 1.807) is 0 Å². The van der Waals surface area contributed by atoms with Crippen molar-refractivity contribution in [2.45, 2.75) is 58.2 Å². The Morgan fingerprint density at radius 1 is 1.33 bits per heavy atom. The molecule has 0 saturated heterocycles. The summed E-state index contributed by atoms with van der Waals surface area (Å²) in [4.78, 5) is 2.50. The van der Waals surface area contributed by atoms with Crippen LogP contribution >= 0.6 is 0 Å². The zero-order valence-corrected chi connectivity index (χ0v) is 13.7. The molecule has 3 unspecified atom stereocenters. The molecule has 21 heavy (non-hydrogen) atoms. The van der Waals surface area contributed by atoms with Gasteiger partial charge in [0, 0.05) is 35.8 Å². The smallest absolute Gasteiger partial charge is 0.0662 e. The lowest BCUT2D eigenvalue weighted by Crippen LogP contribution is -2.74. The fraction of sp³-hybridized carbons (Fsp3) is 0.667. The van der Waals surface area contributed by atoms with Gasteiger partial charge in [0.2, 0.25) is 0 Å². The number of ether oxygens (including phenoxy) is 1.